The van der Waals surface area contributed by atoms with Gasteiger partial charge in [-0.25, -0.2) is 0 Å². The number of aryl methyl sites for hydroxylation is 1. The normalized spacial score (nSPS) is 10.5. The van der Waals surface area contributed by atoms with Crippen LogP contribution in [0.25, 0.3) is 0 Å². The summed E-state index contributed by atoms with van der Waals surface area (Å²) in [5.74, 6) is 2.33. The maximum Gasteiger partial charge on any atom is 0.193 e. The van der Waals surface area contributed by atoms with E-state index in [0.29, 0.717) is 16.9 Å². The van der Waals surface area contributed by atoms with Gasteiger partial charge in [0.25, 0.3) is 0 Å². The average Bonchev–Trinajstić information content (AvgIpc) is 2.81. The van der Waals surface area contributed by atoms with Gasteiger partial charge in [0.15, 0.2) is 5.78 Å². The molecule has 0 N–H and O–H groups in total. The van der Waals surface area contributed by atoms with E-state index in [0.717, 1.165) is 23.5 Å². The summed E-state index contributed by atoms with van der Waals surface area (Å²) in [5.41, 5.74) is 4.90. The van der Waals surface area contributed by atoms with Gasteiger partial charge in [-0.3, -0.25) is 4.79 Å². The molecule has 0 amide bonds. The maximum absolute atomic E-state index is 12.6. The highest BCUT2D eigenvalue weighted by Crippen LogP contribution is 2.24. The summed E-state index contributed by atoms with van der Waals surface area (Å²) in [6, 6.07) is 31.0. The Labute approximate surface area is 182 Å². The molecule has 0 saturated heterocycles. The number of benzene rings is 4. The molecule has 4 rings (SSSR count). The number of methoxy groups -OCH3 is 1. The number of ether oxygens (including phenoxy) is 2. The largest absolute Gasteiger partial charge is 0.497 e. The van der Waals surface area contributed by atoms with E-state index >= 15 is 0 Å². The van der Waals surface area contributed by atoms with Gasteiger partial charge in [0.05, 0.1) is 7.11 Å². The third kappa shape index (κ3) is 5.20. The van der Waals surface area contributed by atoms with E-state index in [2.05, 4.69) is 24.3 Å². The number of carbonyl (C=O) groups is 1. The van der Waals surface area contributed by atoms with Crippen molar-refractivity contribution in [1.82, 2.24) is 0 Å². The first kappa shape index (κ1) is 20.4. The highest BCUT2D eigenvalue weighted by Gasteiger charge is 2.09. The highest BCUT2D eigenvalue weighted by molar-refractivity contribution is 6.09. The predicted molar refractivity (Wildman–Crippen MR) is 123 cm³/mol. The van der Waals surface area contributed by atoms with Crippen molar-refractivity contribution < 1.29 is 14.3 Å². The number of ketones is 1. The van der Waals surface area contributed by atoms with Crippen LogP contribution < -0.4 is 9.47 Å². The molecule has 0 saturated carbocycles. The summed E-state index contributed by atoms with van der Waals surface area (Å²) in [4.78, 5) is 12.6. The first-order valence-corrected chi connectivity index (χ1v) is 10.2. The lowest BCUT2D eigenvalue weighted by molar-refractivity contribution is 0.103. The number of hydrogen-bond acceptors (Lipinski definition) is 3. The maximum atomic E-state index is 12.6. The van der Waals surface area contributed by atoms with E-state index in [1.54, 1.807) is 19.2 Å². The molecule has 0 aliphatic carbocycles. The first-order valence-electron chi connectivity index (χ1n) is 10.2. The van der Waals surface area contributed by atoms with E-state index in [9.17, 15) is 4.79 Å². The third-order valence-corrected chi connectivity index (χ3v) is 5.16. The number of rotatable bonds is 7. The molecule has 0 aromatic heterocycles. The molecule has 4 aromatic carbocycles. The van der Waals surface area contributed by atoms with Crippen LogP contribution in [0.15, 0.2) is 97.1 Å². The Kier molecular flexibility index (Phi) is 6.13. The minimum atomic E-state index is 0.00874. The fourth-order valence-corrected chi connectivity index (χ4v) is 3.34. The van der Waals surface area contributed by atoms with Crippen LogP contribution in [0, 0.1) is 6.92 Å². The molecular weight excluding hydrogens is 384 g/mol. The third-order valence-electron chi connectivity index (χ3n) is 5.16. The number of hydrogen-bond donors (Lipinski definition) is 0. The summed E-state index contributed by atoms with van der Waals surface area (Å²) >= 11 is 0. The van der Waals surface area contributed by atoms with Gasteiger partial charge in [-0.05, 0) is 73.0 Å². The lowest BCUT2D eigenvalue weighted by Crippen LogP contribution is -2.00. The zero-order chi connectivity index (χ0) is 21.6. The molecule has 0 spiro atoms. The van der Waals surface area contributed by atoms with Crippen molar-refractivity contribution in [3.8, 4) is 17.2 Å². The van der Waals surface area contributed by atoms with Crippen molar-refractivity contribution in [2.75, 3.05) is 7.11 Å². The van der Waals surface area contributed by atoms with Gasteiger partial charge < -0.3 is 9.47 Å². The second-order valence-electron chi connectivity index (χ2n) is 7.49. The molecule has 31 heavy (non-hydrogen) atoms. The standard InChI is InChI=1S/C28H24O3/c1-20-3-9-23(10-4-20)28(29)24-11-17-27(18-12-24)31-26-15-7-22(8-16-26)19-21-5-13-25(30-2)14-6-21/h3-18H,19H2,1-2H3. The Bertz CT molecular complexity index is 1140. The zero-order valence-electron chi connectivity index (χ0n) is 17.7. The highest BCUT2D eigenvalue weighted by atomic mass is 16.5. The van der Waals surface area contributed by atoms with E-state index in [1.165, 1.54) is 11.1 Å². The quantitative estimate of drug-likeness (QED) is 0.323. The predicted octanol–water partition coefficient (Wildman–Crippen LogP) is 6.62. The fourth-order valence-electron chi connectivity index (χ4n) is 3.34. The van der Waals surface area contributed by atoms with Gasteiger partial charge in [0, 0.05) is 11.1 Å². The second kappa shape index (κ2) is 9.31. The van der Waals surface area contributed by atoms with E-state index < -0.39 is 0 Å². The van der Waals surface area contributed by atoms with Crippen LogP contribution in [0.4, 0.5) is 0 Å². The minimum absolute atomic E-state index is 0.00874. The van der Waals surface area contributed by atoms with E-state index in [1.807, 2.05) is 67.6 Å². The van der Waals surface area contributed by atoms with Crippen molar-refractivity contribution >= 4 is 5.78 Å². The van der Waals surface area contributed by atoms with Crippen LogP contribution in [-0.2, 0) is 6.42 Å². The Morgan fingerprint density at radius 2 is 1.03 bits per heavy atom. The molecule has 0 bridgehead atoms. The SMILES string of the molecule is COc1ccc(Cc2ccc(Oc3ccc(C(=O)c4ccc(C)cc4)cc3)cc2)cc1. The molecule has 0 aliphatic rings. The summed E-state index contributed by atoms with van der Waals surface area (Å²) in [6.45, 7) is 2.01. The van der Waals surface area contributed by atoms with Crippen molar-refractivity contribution in [3.05, 3.63) is 125 Å². The summed E-state index contributed by atoms with van der Waals surface area (Å²) < 4.78 is 11.1. The Morgan fingerprint density at radius 3 is 1.52 bits per heavy atom. The molecule has 4 aromatic rings. The first-order chi connectivity index (χ1) is 15.1. The lowest BCUT2D eigenvalue weighted by Gasteiger charge is -2.08. The molecule has 0 heterocycles. The molecule has 3 nitrogen and oxygen atoms in total. The molecule has 0 unspecified atom stereocenters. The topological polar surface area (TPSA) is 35.5 Å². The van der Waals surface area contributed by atoms with Crippen LogP contribution in [0.1, 0.15) is 32.6 Å². The smallest absolute Gasteiger partial charge is 0.193 e. The van der Waals surface area contributed by atoms with Crippen molar-refractivity contribution in [1.29, 1.82) is 0 Å². The molecule has 0 radical (unpaired) electrons. The van der Waals surface area contributed by atoms with Crippen molar-refractivity contribution in [3.63, 3.8) is 0 Å². The van der Waals surface area contributed by atoms with E-state index in [4.69, 9.17) is 9.47 Å². The van der Waals surface area contributed by atoms with E-state index in [-0.39, 0.29) is 5.78 Å². The Hall–Kier alpha value is -3.85. The van der Waals surface area contributed by atoms with Crippen molar-refractivity contribution in [2.45, 2.75) is 13.3 Å². The second-order valence-corrected chi connectivity index (χ2v) is 7.49. The van der Waals surface area contributed by atoms with Gasteiger partial charge in [0.2, 0.25) is 0 Å². The Morgan fingerprint density at radius 1 is 0.613 bits per heavy atom. The summed E-state index contributed by atoms with van der Waals surface area (Å²) in [6.07, 6.45) is 0.847. The van der Waals surface area contributed by atoms with Crippen molar-refractivity contribution in [2.24, 2.45) is 0 Å². The van der Waals surface area contributed by atoms with Gasteiger partial charge in [0.1, 0.15) is 17.2 Å². The van der Waals surface area contributed by atoms with Crippen LogP contribution in [0.3, 0.4) is 0 Å². The fraction of sp³-hybridized carbons (Fsp3) is 0.107. The van der Waals surface area contributed by atoms with Crippen LogP contribution >= 0.6 is 0 Å². The van der Waals surface area contributed by atoms with Gasteiger partial charge in [-0.2, -0.15) is 0 Å². The average molecular weight is 408 g/mol. The molecular formula is C28H24O3. The Balaban J connectivity index is 1.38. The van der Waals surface area contributed by atoms with Gasteiger partial charge in [-0.1, -0.05) is 54.1 Å². The van der Waals surface area contributed by atoms with Gasteiger partial charge >= 0.3 is 0 Å². The molecule has 154 valence electrons. The summed E-state index contributed by atoms with van der Waals surface area (Å²) in [7, 11) is 1.67. The van der Waals surface area contributed by atoms with Gasteiger partial charge in [-0.15, -0.1) is 0 Å². The molecule has 0 fully saturated rings. The monoisotopic (exact) mass is 408 g/mol. The molecule has 0 atom stereocenters. The lowest BCUT2D eigenvalue weighted by atomic mass is 10.0. The number of carbonyl (C=O) groups excluding carboxylic acids is 1. The van der Waals surface area contributed by atoms with Crippen LogP contribution in [0.5, 0.6) is 17.2 Å². The molecule has 0 aliphatic heterocycles. The van der Waals surface area contributed by atoms with Crippen LogP contribution in [-0.4, -0.2) is 12.9 Å². The minimum Gasteiger partial charge on any atom is -0.497 e. The van der Waals surface area contributed by atoms with Crippen LogP contribution in [0.2, 0.25) is 0 Å². The zero-order valence-corrected chi connectivity index (χ0v) is 17.7. The summed E-state index contributed by atoms with van der Waals surface area (Å²) in [5, 5.41) is 0. The molecule has 3 heteroatoms.